The van der Waals surface area contributed by atoms with Crippen molar-refractivity contribution in [3.05, 3.63) is 59.2 Å². The van der Waals surface area contributed by atoms with E-state index in [1.807, 2.05) is 32.0 Å². The van der Waals surface area contributed by atoms with E-state index < -0.39 is 22.0 Å². The van der Waals surface area contributed by atoms with Gasteiger partial charge < -0.3 is 9.47 Å². The highest BCUT2D eigenvalue weighted by molar-refractivity contribution is 7.89. The molecule has 1 atom stereocenters. The van der Waals surface area contributed by atoms with Gasteiger partial charge in [0.1, 0.15) is 12.4 Å². The van der Waals surface area contributed by atoms with Crippen molar-refractivity contribution < 1.29 is 22.7 Å². The summed E-state index contributed by atoms with van der Waals surface area (Å²) in [7, 11) is -2.54. The Balaban J connectivity index is 2.04. The number of nitrogens with one attached hydrogen (secondary N) is 1. The molecule has 0 saturated heterocycles. The van der Waals surface area contributed by atoms with Crippen molar-refractivity contribution in [2.24, 2.45) is 0 Å². The molecule has 0 fully saturated rings. The summed E-state index contributed by atoms with van der Waals surface area (Å²) >= 11 is 0. The number of esters is 1. The van der Waals surface area contributed by atoms with E-state index in [-0.39, 0.29) is 17.1 Å². The lowest BCUT2D eigenvalue weighted by Gasteiger charge is -2.16. The summed E-state index contributed by atoms with van der Waals surface area (Å²) in [5.74, 6) is 0.0972. The SMILES string of the molecule is COC(=O)c1cccc(S(=O)(=O)N[C@H](C)COc2ccc(C)c(C)c2)c1. The Morgan fingerprint density at radius 2 is 1.85 bits per heavy atom. The first-order chi connectivity index (χ1) is 12.2. The Labute approximate surface area is 154 Å². The minimum absolute atomic E-state index is 0.00145. The Morgan fingerprint density at radius 3 is 2.50 bits per heavy atom. The number of sulfonamides is 1. The van der Waals surface area contributed by atoms with Crippen molar-refractivity contribution in [1.29, 1.82) is 0 Å². The highest BCUT2D eigenvalue weighted by Crippen LogP contribution is 2.17. The highest BCUT2D eigenvalue weighted by Gasteiger charge is 2.19. The summed E-state index contributed by atoms with van der Waals surface area (Å²) in [5, 5.41) is 0. The third-order valence-corrected chi connectivity index (χ3v) is 5.49. The van der Waals surface area contributed by atoms with Crippen molar-refractivity contribution in [1.82, 2.24) is 4.72 Å². The van der Waals surface area contributed by atoms with Crippen LogP contribution in [-0.2, 0) is 14.8 Å². The van der Waals surface area contributed by atoms with Crippen molar-refractivity contribution in [2.75, 3.05) is 13.7 Å². The molecule has 1 N–H and O–H groups in total. The highest BCUT2D eigenvalue weighted by atomic mass is 32.2. The Morgan fingerprint density at radius 1 is 1.12 bits per heavy atom. The fraction of sp³-hybridized carbons (Fsp3) is 0.316. The molecule has 0 amide bonds. The van der Waals surface area contributed by atoms with Gasteiger partial charge in [-0.2, -0.15) is 0 Å². The average molecular weight is 377 g/mol. The third-order valence-electron chi connectivity index (χ3n) is 3.90. The number of aryl methyl sites for hydroxylation is 2. The molecule has 6 nitrogen and oxygen atoms in total. The maximum Gasteiger partial charge on any atom is 0.337 e. The van der Waals surface area contributed by atoms with E-state index in [1.54, 1.807) is 6.92 Å². The largest absolute Gasteiger partial charge is 0.492 e. The van der Waals surface area contributed by atoms with E-state index in [2.05, 4.69) is 9.46 Å². The van der Waals surface area contributed by atoms with Gasteiger partial charge in [0.2, 0.25) is 10.0 Å². The Bertz CT molecular complexity index is 893. The third kappa shape index (κ3) is 5.06. The first-order valence-electron chi connectivity index (χ1n) is 8.13. The van der Waals surface area contributed by atoms with Gasteiger partial charge in [-0.05, 0) is 62.2 Å². The summed E-state index contributed by atoms with van der Waals surface area (Å²) in [6.07, 6.45) is 0. The van der Waals surface area contributed by atoms with Crippen LogP contribution in [0.25, 0.3) is 0 Å². The molecule has 0 aliphatic rings. The van der Waals surface area contributed by atoms with E-state index in [0.29, 0.717) is 5.75 Å². The van der Waals surface area contributed by atoms with Crippen LogP contribution in [0.5, 0.6) is 5.75 Å². The van der Waals surface area contributed by atoms with Crippen LogP contribution in [0.4, 0.5) is 0 Å². The number of hydrogen-bond acceptors (Lipinski definition) is 5. The molecule has 0 aromatic heterocycles. The maximum atomic E-state index is 12.5. The van der Waals surface area contributed by atoms with Gasteiger partial charge in [0, 0.05) is 0 Å². The van der Waals surface area contributed by atoms with Gasteiger partial charge in [0.05, 0.1) is 23.6 Å². The van der Waals surface area contributed by atoms with Gasteiger partial charge in [-0.3, -0.25) is 0 Å². The van der Waals surface area contributed by atoms with Crippen LogP contribution in [0.3, 0.4) is 0 Å². The first-order valence-corrected chi connectivity index (χ1v) is 9.62. The number of methoxy groups -OCH3 is 1. The number of carbonyl (C=O) groups excluding carboxylic acids is 1. The summed E-state index contributed by atoms with van der Waals surface area (Å²) in [6, 6.07) is 11.0. The molecule has 0 aliphatic heterocycles. The van der Waals surface area contributed by atoms with E-state index in [0.717, 1.165) is 11.1 Å². The zero-order valence-corrected chi connectivity index (χ0v) is 16.1. The number of hydrogen-bond donors (Lipinski definition) is 1. The summed E-state index contributed by atoms with van der Waals surface area (Å²) in [5.41, 5.74) is 2.45. The van der Waals surface area contributed by atoms with Crippen LogP contribution in [-0.4, -0.2) is 34.1 Å². The minimum Gasteiger partial charge on any atom is -0.492 e. The molecule has 140 valence electrons. The van der Waals surface area contributed by atoms with Gasteiger partial charge in [-0.15, -0.1) is 0 Å². The van der Waals surface area contributed by atoms with Gasteiger partial charge in [-0.25, -0.2) is 17.9 Å². The minimum atomic E-state index is -3.78. The van der Waals surface area contributed by atoms with Crippen molar-refractivity contribution in [2.45, 2.75) is 31.7 Å². The molecule has 0 aliphatic carbocycles. The van der Waals surface area contributed by atoms with Crippen molar-refractivity contribution >= 4 is 16.0 Å². The Kier molecular flexibility index (Phi) is 6.39. The molecule has 2 aromatic rings. The lowest BCUT2D eigenvalue weighted by atomic mass is 10.1. The molecule has 0 radical (unpaired) electrons. The molecule has 0 heterocycles. The summed E-state index contributed by atoms with van der Waals surface area (Å²) in [6.45, 7) is 5.89. The maximum absolute atomic E-state index is 12.5. The number of carbonyl (C=O) groups is 1. The van der Waals surface area contributed by atoms with E-state index in [4.69, 9.17) is 4.74 Å². The van der Waals surface area contributed by atoms with E-state index >= 15 is 0 Å². The average Bonchev–Trinajstić information content (AvgIpc) is 2.61. The van der Waals surface area contributed by atoms with Crippen LogP contribution in [0.2, 0.25) is 0 Å². The smallest absolute Gasteiger partial charge is 0.337 e. The Hall–Kier alpha value is -2.38. The standard InChI is InChI=1S/C19H23NO5S/c1-13-8-9-17(10-14(13)2)25-12-15(3)20-26(22,23)18-7-5-6-16(11-18)19(21)24-4/h5-11,15,20H,12H2,1-4H3/t15-/m1/s1. The van der Waals surface area contributed by atoms with Crippen LogP contribution in [0.15, 0.2) is 47.4 Å². The summed E-state index contributed by atoms with van der Waals surface area (Å²) in [4.78, 5) is 11.6. The van der Waals surface area contributed by atoms with Crippen LogP contribution < -0.4 is 9.46 Å². The van der Waals surface area contributed by atoms with Gasteiger partial charge >= 0.3 is 5.97 Å². The molecular weight excluding hydrogens is 354 g/mol. The predicted octanol–water partition coefficient (Wildman–Crippen LogP) is 2.84. The van der Waals surface area contributed by atoms with Crippen LogP contribution in [0.1, 0.15) is 28.4 Å². The molecule has 2 aromatic carbocycles. The second-order valence-electron chi connectivity index (χ2n) is 6.10. The van der Waals surface area contributed by atoms with Crippen LogP contribution >= 0.6 is 0 Å². The molecule has 0 unspecified atom stereocenters. The molecule has 0 saturated carbocycles. The van der Waals surface area contributed by atoms with Crippen molar-refractivity contribution in [3.8, 4) is 5.75 Å². The number of benzene rings is 2. The lowest BCUT2D eigenvalue weighted by molar-refractivity contribution is 0.0600. The molecular formula is C19H23NO5S. The quantitative estimate of drug-likeness (QED) is 0.751. The molecule has 7 heteroatoms. The van der Waals surface area contributed by atoms with E-state index in [9.17, 15) is 13.2 Å². The number of ether oxygens (including phenoxy) is 2. The first kappa shape index (κ1) is 19.9. The van der Waals surface area contributed by atoms with Gasteiger partial charge in [0.15, 0.2) is 0 Å². The van der Waals surface area contributed by atoms with E-state index in [1.165, 1.54) is 31.4 Å². The van der Waals surface area contributed by atoms with Crippen molar-refractivity contribution in [3.63, 3.8) is 0 Å². The lowest BCUT2D eigenvalue weighted by Crippen LogP contribution is -2.36. The predicted molar refractivity (Wildman–Crippen MR) is 99.0 cm³/mol. The molecule has 0 bridgehead atoms. The molecule has 2 rings (SSSR count). The topological polar surface area (TPSA) is 81.7 Å². The zero-order chi connectivity index (χ0) is 19.3. The van der Waals surface area contributed by atoms with Gasteiger partial charge in [-0.1, -0.05) is 12.1 Å². The monoisotopic (exact) mass is 377 g/mol. The summed E-state index contributed by atoms with van der Waals surface area (Å²) < 4.78 is 37.8. The van der Waals surface area contributed by atoms with Crippen LogP contribution in [0, 0.1) is 13.8 Å². The zero-order valence-electron chi connectivity index (χ0n) is 15.3. The fourth-order valence-electron chi connectivity index (χ4n) is 2.30. The van der Waals surface area contributed by atoms with Gasteiger partial charge in [0.25, 0.3) is 0 Å². The second kappa shape index (κ2) is 8.33. The number of rotatable bonds is 7. The fourth-order valence-corrected chi connectivity index (χ4v) is 3.57. The molecule has 26 heavy (non-hydrogen) atoms. The second-order valence-corrected chi connectivity index (χ2v) is 7.81. The molecule has 0 spiro atoms. The normalized spacial score (nSPS) is 12.5.